The van der Waals surface area contributed by atoms with E-state index in [1.54, 1.807) is 6.07 Å². The first-order valence-corrected chi connectivity index (χ1v) is 5.26. The molecule has 80 valence electrons. The summed E-state index contributed by atoms with van der Waals surface area (Å²) in [6, 6.07) is 4.29. The third kappa shape index (κ3) is 2.29. The first-order chi connectivity index (χ1) is 7.16. The van der Waals surface area contributed by atoms with E-state index in [-0.39, 0.29) is 11.6 Å². The van der Waals surface area contributed by atoms with Crippen molar-refractivity contribution in [3.63, 3.8) is 0 Å². The van der Waals surface area contributed by atoms with Gasteiger partial charge in [-0.15, -0.1) is 0 Å². The zero-order chi connectivity index (χ0) is 10.8. The minimum Gasteiger partial charge on any atom is -0.369 e. The Hall–Kier alpha value is -1.09. The van der Waals surface area contributed by atoms with Crippen LogP contribution in [0, 0.1) is 5.82 Å². The zero-order valence-corrected chi connectivity index (χ0v) is 8.93. The Balaban J connectivity index is 2.21. The van der Waals surface area contributed by atoms with E-state index in [0.717, 1.165) is 0 Å². The number of ketones is 1. The number of nitrogens with zero attached hydrogens (tertiary/aromatic N) is 1. The van der Waals surface area contributed by atoms with Crippen LogP contribution in [0.1, 0.15) is 12.8 Å². The Bertz CT molecular complexity index is 384. The van der Waals surface area contributed by atoms with Crippen molar-refractivity contribution < 1.29 is 9.18 Å². The number of Topliss-reactive ketones (excluding diaryl/α,β-unsaturated/α-hetero) is 1. The molecule has 0 spiro atoms. The van der Waals surface area contributed by atoms with Crippen molar-refractivity contribution in [2.45, 2.75) is 12.8 Å². The predicted molar refractivity (Wildman–Crippen MR) is 57.9 cm³/mol. The molecule has 0 aromatic heterocycles. The molecule has 0 saturated carbocycles. The lowest BCUT2D eigenvalue weighted by molar-refractivity contribution is -0.119. The maximum atomic E-state index is 13.0. The van der Waals surface area contributed by atoms with Crippen molar-refractivity contribution in [1.82, 2.24) is 0 Å². The molecule has 0 aliphatic carbocycles. The molecule has 1 aliphatic rings. The van der Waals surface area contributed by atoms with Gasteiger partial charge in [0.15, 0.2) is 0 Å². The summed E-state index contributed by atoms with van der Waals surface area (Å²) in [4.78, 5) is 13.0. The van der Waals surface area contributed by atoms with Crippen LogP contribution < -0.4 is 4.90 Å². The molecular formula is C11H11ClFNO. The number of anilines is 1. The number of piperidine rings is 1. The Morgan fingerprint density at radius 2 is 1.93 bits per heavy atom. The second-order valence-corrected chi connectivity index (χ2v) is 4.03. The molecule has 0 atom stereocenters. The summed E-state index contributed by atoms with van der Waals surface area (Å²) in [5, 5.41) is 0.533. The van der Waals surface area contributed by atoms with E-state index in [9.17, 15) is 9.18 Å². The molecule has 4 heteroatoms. The quantitative estimate of drug-likeness (QED) is 0.735. The minimum absolute atomic E-state index is 0.263. The molecule has 0 amide bonds. The third-order valence-corrected chi connectivity index (χ3v) is 2.89. The second-order valence-electron chi connectivity index (χ2n) is 3.62. The first-order valence-electron chi connectivity index (χ1n) is 4.88. The maximum Gasteiger partial charge on any atom is 0.136 e. The SMILES string of the molecule is O=C1CCN(c2cc(F)ccc2Cl)CC1. The van der Waals surface area contributed by atoms with Gasteiger partial charge in [0.25, 0.3) is 0 Å². The molecule has 2 rings (SSSR count). The molecule has 0 bridgehead atoms. The Labute approximate surface area is 92.6 Å². The maximum absolute atomic E-state index is 13.0. The lowest BCUT2D eigenvalue weighted by atomic mass is 10.1. The van der Waals surface area contributed by atoms with E-state index >= 15 is 0 Å². The average molecular weight is 228 g/mol. The van der Waals surface area contributed by atoms with Crippen molar-refractivity contribution >= 4 is 23.1 Å². The Morgan fingerprint density at radius 3 is 2.60 bits per heavy atom. The van der Waals surface area contributed by atoms with Gasteiger partial charge in [-0.3, -0.25) is 4.79 Å². The molecule has 15 heavy (non-hydrogen) atoms. The lowest BCUT2D eigenvalue weighted by Gasteiger charge is -2.28. The van der Waals surface area contributed by atoms with Crippen molar-refractivity contribution in [3.05, 3.63) is 29.0 Å². The zero-order valence-electron chi connectivity index (χ0n) is 8.17. The summed E-state index contributed by atoms with van der Waals surface area (Å²) in [6.07, 6.45) is 1.04. The fourth-order valence-corrected chi connectivity index (χ4v) is 1.96. The summed E-state index contributed by atoms with van der Waals surface area (Å²) in [5.74, 6) is -0.0370. The predicted octanol–water partition coefficient (Wildman–Crippen LogP) is 2.65. The molecule has 1 aliphatic heterocycles. The highest BCUT2D eigenvalue weighted by atomic mass is 35.5. The summed E-state index contributed by atoms with van der Waals surface area (Å²) in [6.45, 7) is 1.25. The third-order valence-electron chi connectivity index (χ3n) is 2.57. The minimum atomic E-state index is -0.300. The van der Waals surface area contributed by atoms with Crippen LogP contribution in [0.15, 0.2) is 18.2 Å². The Morgan fingerprint density at radius 1 is 1.27 bits per heavy atom. The van der Waals surface area contributed by atoms with Crippen LogP contribution in [-0.2, 0) is 4.79 Å². The van der Waals surface area contributed by atoms with Crippen molar-refractivity contribution in [3.8, 4) is 0 Å². The van der Waals surface area contributed by atoms with Crippen LogP contribution in [0.25, 0.3) is 0 Å². The number of hydrogen-bond acceptors (Lipinski definition) is 2. The highest BCUT2D eigenvalue weighted by Crippen LogP contribution is 2.28. The molecule has 0 unspecified atom stereocenters. The van der Waals surface area contributed by atoms with E-state index in [1.165, 1.54) is 12.1 Å². The van der Waals surface area contributed by atoms with Crippen molar-refractivity contribution in [2.75, 3.05) is 18.0 Å². The molecule has 0 N–H and O–H groups in total. The van der Waals surface area contributed by atoms with Crippen LogP contribution in [-0.4, -0.2) is 18.9 Å². The van der Waals surface area contributed by atoms with Crippen LogP contribution in [0.2, 0.25) is 5.02 Å². The molecular weight excluding hydrogens is 217 g/mol. The normalized spacial score (nSPS) is 16.9. The van der Waals surface area contributed by atoms with Crippen LogP contribution >= 0.6 is 11.6 Å². The summed E-state index contributed by atoms with van der Waals surface area (Å²) in [5.41, 5.74) is 0.684. The molecule has 1 fully saturated rings. The number of rotatable bonds is 1. The highest BCUT2D eigenvalue weighted by Gasteiger charge is 2.18. The average Bonchev–Trinajstić information content (AvgIpc) is 2.23. The number of carbonyl (C=O) groups excluding carboxylic acids is 1. The van der Waals surface area contributed by atoms with Gasteiger partial charge >= 0.3 is 0 Å². The van der Waals surface area contributed by atoms with Gasteiger partial charge in [0, 0.05) is 25.9 Å². The van der Waals surface area contributed by atoms with E-state index in [0.29, 0.717) is 36.6 Å². The van der Waals surface area contributed by atoms with Crippen molar-refractivity contribution in [1.29, 1.82) is 0 Å². The van der Waals surface area contributed by atoms with Gasteiger partial charge in [-0.2, -0.15) is 0 Å². The summed E-state index contributed by atoms with van der Waals surface area (Å²) in [7, 11) is 0. The van der Waals surface area contributed by atoms with Crippen molar-refractivity contribution in [2.24, 2.45) is 0 Å². The van der Waals surface area contributed by atoms with E-state index in [4.69, 9.17) is 11.6 Å². The van der Waals surface area contributed by atoms with Gasteiger partial charge in [-0.1, -0.05) is 11.6 Å². The first kappa shape index (κ1) is 10.4. The second kappa shape index (κ2) is 4.19. The van der Waals surface area contributed by atoms with E-state index < -0.39 is 0 Å². The van der Waals surface area contributed by atoms with Gasteiger partial charge in [0.1, 0.15) is 11.6 Å². The molecule has 1 heterocycles. The number of halogens is 2. The fraction of sp³-hybridized carbons (Fsp3) is 0.364. The van der Waals surface area contributed by atoms with Crippen LogP contribution in [0.3, 0.4) is 0 Å². The molecule has 1 aromatic carbocycles. The monoisotopic (exact) mass is 227 g/mol. The molecule has 2 nitrogen and oxygen atoms in total. The van der Waals surface area contributed by atoms with E-state index in [1.807, 2.05) is 4.90 Å². The van der Waals surface area contributed by atoms with Crippen LogP contribution in [0.5, 0.6) is 0 Å². The van der Waals surface area contributed by atoms with Crippen LogP contribution in [0.4, 0.5) is 10.1 Å². The van der Waals surface area contributed by atoms with Gasteiger partial charge in [0.05, 0.1) is 10.7 Å². The Kier molecular flexibility index (Phi) is 2.91. The summed E-state index contributed by atoms with van der Waals surface area (Å²) < 4.78 is 13.0. The standard InChI is InChI=1S/C11H11ClFNO/c12-10-2-1-8(13)7-11(10)14-5-3-9(15)4-6-14/h1-2,7H,3-6H2. The van der Waals surface area contributed by atoms with Gasteiger partial charge in [0.2, 0.25) is 0 Å². The lowest BCUT2D eigenvalue weighted by Crippen LogP contribution is -2.33. The highest BCUT2D eigenvalue weighted by molar-refractivity contribution is 6.33. The largest absolute Gasteiger partial charge is 0.369 e. The number of benzene rings is 1. The molecule has 0 radical (unpaired) electrons. The van der Waals surface area contributed by atoms with Gasteiger partial charge in [-0.25, -0.2) is 4.39 Å². The summed E-state index contributed by atoms with van der Waals surface area (Å²) >= 11 is 5.97. The van der Waals surface area contributed by atoms with E-state index in [2.05, 4.69) is 0 Å². The fourth-order valence-electron chi connectivity index (χ4n) is 1.73. The van der Waals surface area contributed by atoms with Gasteiger partial charge in [-0.05, 0) is 18.2 Å². The topological polar surface area (TPSA) is 20.3 Å². The smallest absolute Gasteiger partial charge is 0.136 e. The molecule has 1 saturated heterocycles. The molecule has 1 aromatic rings. The number of carbonyl (C=O) groups is 1. The van der Waals surface area contributed by atoms with Gasteiger partial charge < -0.3 is 4.90 Å². The number of hydrogen-bond donors (Lipinski definition) is 0.